The van der Waals surface area contributed by atoms with Crippen molar-refractivity contribution in [2.75, 3.05) is 40.3 Å². The fourth-order valence-corrected chi connectivity index (χ4v) is 7.34. The summed E-state index contributed by atoms with van der Waals surface area (Å²) in [6.07, 6.45) is -4.42. The van der Waals surface area contributed by atoms with Crippen LogP contribution < -0.4 is 5.32 Å². The summed E-state index contributed by atoms with van der Waals surface area (Å²) < 4.78 is 85.8. The van der Waals surface area contributed by atoms with Crippen LogP contribution in [0.2, 0.25) is 0 Å². The van der Waals surface area contributed by atoms with Crippen LogP contribution >= 0.6 is 0 Å². The maximum absolute atomic E-state index is 14.6. The molecule has 276 valence electrons. The van der Waals surface area contributed by atoms with Crippen LogP contribution in [0.25, 0.3) is 22.2 Å². The van der Waals surface area contributed by atoms with Gasteiger partial charge in [-0.25, -0.2) is 4.98 Å². The van der Waals surface area contributed by atoms with E-state index in [1.54, 1.807) is 20.2 Å². The molecule has 7 nitrogen and oxygen atoms in total. The number of halogens is 6. The van der Waals surface area contributed by atoms with Gasteiger partial charge >= 0.3 is 12.4 Å². The second-order valence-corrected chi connectivity index (χ2v) is 13.8. The second kappa shape index (κ2) is 15.2. The van der Waals surface area contributed by atoms with E-state index >= 15 is 0 Å². The van der Waals surface area contributed by atoms with Gasteiger partial charge in [0.05, 0.1) is 22.3 Å². The Kier molecular flexibility index (Phi) is 10.9. The van der Waals surface area contributed by atoms with Crippen LogP contribution in [0.3, 0.4) is 0 Å². The standard InChI is InChI=1S/C39H41F6N5O2/c1-48(2)37(52)27-14-15-32-30(23-27)33(36(51)47-35(39(43,44)45)25-10-5-3-6-11-25)31(34(46-32)26-12-9-13-28(22-26)38(40,41)42)24-49-20-16-29(17-21-49)50-18-7-4-8-19-50/h3,5-6,9-15,22-23,29,35H,4,7-8,16-21,24H2,1-2H3,(H,47,51)/t35-/m1/s1. The van der Waals surface area contributed by atoms with Gasteiger partial charge in [0.1, 0.15) is 0 Å². The number of fused-ring (bicyclic) bond motifs is 1. The van der Waals surface area contributed by atoms with E-state index in [1.807, 2.05) is 0 Å². The molecule has 13 heteroatoms. The molecule has 0 radical (unpaired) electrons. The number of nitrogens with one attached hydrogen (secondary N) is 1. The molecule has 2 fully saturated rings. The number of pyridine rings is 1. The zero-order chi connectivity index (χ0) is 37.2. The highest BCUT2D eigenvalue weighted by atomic mass is 19.4. The predicted octanol–water partition coefficient (Wildman–Crippen LogP) is 8.11. The molecule has 4 aromatic rings. The maximum Gasteiger partial charge on any atom is 0.416 e. The van der Waals surface area contributed by atoms with Gasteiger partial charge in [-0.3, -0.25) is 14.5 Å². The number of hydrogen-bond acceptors (Lipinski definition) is 5. The number of aromatic nitrogens is 1. The molecule has 2 saturated heterocycles. The average Bonchev–Trinajstić information content (AvgIpc) is 3.13. The Morgan fingerprint density at radius 2 is 1.56 bits per heavy atom. The molecule has 0 bridgehead atoms. The van der Waals surface area contributed by atoms with Gasteiger partial charge in [-0.2, -0.15) is 26.3 Å². The summed E-state index contributed by atoms with van der Waals surface area (Å²) in [5, 5.41) is 2.32. The number of piperidine rings is 2. The molecular weight excluding hydrogens is 684 g/mol. The molecular formula is C39H41F6N5O2. The molecule has 0 spiro atoms. The first-order valence-electron chi connectivity index (χ1n) is 17.5. The normalized spacial score (nSPS) is 17.2. The average molecular weight is 726 g/mol. The fourth-order valence-electron chi connectivity index (χ4n) is 7.34. The molecule has 2 aliphatic rings. The number of carbonyl (C=O) groups is 2. The van der Waals surface area contributed by atoms with Crippen molar-refractivity contribution in [1.29, 1.82) is 0 Å². The van der Waals surface area contributed by atoms with Crippen LogP contribution in [0.15, 0.2) is 72.8 Å². The number of benzene rings is 3. The molecule has 6 rings (SSSR count). The summed E-state index contributed by atoms with van der Waals surface area (Å²) in [5.74, 6) is -1.49. The van der Waals surface area contributed by atoms with Crippen molar-refractivity contribution >= 4 is 22.7 Å². The van der Waals surface area contributed by atoms with Crippen molar-refractivity contribution in [1.82, 2.24) is 25.0 Å². The van der Waals surface area contributed by atoms with Crippen LogP contribution in [-0.2, 0) is 12.7 Å². The van der Waals surface area contributed by atoms with Gasteiger partial charge in [-0.05, 0) is 87.8 Å². The van der Waals surface area contributed by atoms with Crippen molar-refractivity contribution in [3.8, 4) is 11.3 Å². The zero-order valence-electron chi connectivity index (χ0n) is 29.0. The second-order valence-electron chi connectivity index (χ2n) is 13.8. The van der Waals surface area contributed by atoms with Gasteiger partial charge in [0.15, 0.2) is 6.04 Å². The van der Waals surface area contributed by atoms with E-state index in [1.165, 1.54) is 65.9 Å². The molecule has 3 heterocycles. The third-order valence-corrected chi connectivity index (χ3v) is 10.0. The largest absolute Gasteiger partial charge is 0.416 e. The van der Waals surface area contributed by atoms with Gasteiger partial charge < -0.3 is 15.1 Å². The molecule has 1 atom stereocenters. The quantitative estimate of drug-likeness (QED) is 0.186. The van der Waals surface area contributed by atoms with Gasteiger partial charge in [0.25, 0.3) is 11.8 Å². The molecule has 3 aromatic carbocycles. The van der Waals surface area contributed by atoms with Crippen molar-refractivity contribution in [3.63, 3.8) is 0 Å². The molecule has 0 saturated carbocycles. The molecule has 0 aliphatic carbocycles. The predicted molar refractivity (Wildman–Crippen MR) is 187 cm³/mol. The van der Waals surface area contributed by atoms with Gasteiger partial charge in [0, 0.05) is 48.8 Å². The third-order valence-electron chi connectivity index (χ3n) is 10.0. The first-order valence-corrected chi connectivity index (χ1v) is 17.5. The Bertz CT molecular complexity index is 1900. The SMILES string of the molecule is CN(C)C(=O)c1ccc2nc(-c3cccc(C(F)(F)F)c3)c(CN3CCC(N4CCCCC4)CC3)c(C(=O)N[C@H](c3ccccc3)C(F)(F)F)c2c1. The van der Waals surface area contributed by atoms with Gasteiger partial charge in [0.2, 0.25) is 0 Å². The lowest BCUT2D eigenvalue weighted by Crippen LogP contribution is -2.46. The lowest BCUT2D eigenvalue weighted by atomic mass is 9.92. The number of carbonyl (C=O) groups excluding carboxylic acids is 2. The summed E-state index contributed by atoms with van der Waals surface area (Å²) in [4.78, 5) is 38.2. The van der Waals surface area contributed by atoms with Crippen LogP contribution in [-0.4, -0.2) is 84.0 Å². The number of hydrogen-bond donors (Lipinski definition) is 1. The highest BCUT2D eigenvalue weighted by molar-refractivity contribution is 6.11. The van der Waals surface area contributed by atoms with E-state index in [0.717, 1.165) is 50.9 Å². The number of alkyl halides is 6. The Morgan fingerprint density at radius 3 is 2.19 bits per heavy atom. The minimum Gasteiger partial charge on any atom is -0.345 e. The van der Waals surface area contributed by atoms with E-state index in [0.29, 0.717) is 19.1 Å². The molecule has 2 amide bonds. The van der Waals surface area contributed by atoms with Crippen LogP contribution in [0, 0.1) is 0 Å². The lowest BCUT2D eigenvalue weighted by Gasteiger charge is -2.40. The van der Waals surface area contributed by atoms with E-state index in [-0.39, 0.29) is 51.0 Å². The van der Waals surface area contributed by atoms with E-state index in [4.69, 9.17) is 4.98 Å². The summed E-state index contributed by atoms with van der Waals surface area (Å²) in [5.41, 5.74) is -0.681. The molecule has 1 N–H and O–H groups in total. The maximum atomic E-state index is 14.6. The summed E-state index contributed by atoms with van der Waals surface area (Å²) in [6.45, 7) is 3.31. The number of rotatable bonds is 8. The van der Waals surface area contributed by atoms with Crippen LogP contribution in [0.5, 0.6) is 0 Å². The van der Waals surface area contributed by atoms with E-state index in [2.05, 4.69) is 15.1 Å². The van der Waals surface area contributed by atoms with E-state index < -0.39 is 35.8 Å². The third kappa shape index (κ3) is 8.25. The van der Waals surface area contributed by atoms with Crippen molar-refractivity contribution in [2.24, 2.45) is 0 Å². The van der Waals surface area contributed by atoms with Gasteiger partial charge in [-0.15, -0.1) is 0 Å². The minimum atomic E-state index is -4.88. The number of amides is 2. The number of likely N-dealkylation sites (tertiary alicyclic amines) is 2. The Balaban J connectivity index is 1.52. The summed E-state index contributed by atoms with van der Waals surface area (Å²) in [7, 11) is 3.09. The molecule has 2 aliphatic heterocycles. The fraction of sp³-hybridized carbons (Fsp3) is 0.410. The topological polar surface area (TPSA) is 68.8 Å². The lowest BCUT2D eigenvalue weighted by molar-refractivity contribution is -0.155. The van der Waals surface area contributed by atoms with Gasteiger partial charge in [-0.1, -0.05) is 48.9 Å². The molecule has 1 aromatic heterocycles. The van der Waals surface area contributed by atoms with Crippen LogP contribution in [0.4, 0.5) is 26.3 Å². The summed E-state index contributed by atoms with van der Waals surface area (Å²) in [6, 6.07) is 13.9. The number of nitrogens with zero attached hydrogens (tertiary/aromatic N) is 4. The van der Waals surface area contributed by atoms with Crippen LogP contribution in [0.1, 0.15) is 75.6 Å². The molecule has 52 heavy (non-hydrogen) atoms. The highest BCUT2D eigenvalue weighted by Gasteiger charge is 2.43. The highest BCUT2D eigenvalue weighted by Crippen LogP contribution is 2.38. The van der Waals surface area contributed by atoms with E-state index in [9.17, 15) is 35.9 Å². The van der Waals surface area contributed by atoms with Crippen molar-refractivity contribution in [2.45, 2.75) is 63.1 Å². The Labute approximate surface area is 298 Å². The Morgan fingerprint density at radius 1 is 0.865 bits per heavy atom. The summed E-state index contributed by atoms with van der Waals surface area (Å²) >= 11 is 0. The minimum absolute atomic E-state index is 0.0396. The Hall–Kier alpha value is -4.49. The first kappa shape index (κ1) is 37.3. The van der Waals surface area contributed by atoms with Crippen molar-refractivity contribution in [3.05, 3.63) is 101 Å². The zero-order valence-corrected chi connectivity index (χ0v) is 29.0. The van der Waals surface area contributed by atoms with Crippen molar-refractivity contribution < 1.29 is 35.9 Å². The monoisotopic (exact) mass is 725 g/mol. The smallest absolute Gasteiger partial charge is 0.345 e. The molecule has 0 unspecified atom stereocenters. The first-order chi connectivity index (χ1) is 24.7.